The number of imide groups is 1. The topological polar surface area (TPSA) is 118 Å². The molecule has 4 aromatic rings. The lowest BCUT2D eigenvalue weighted by Crippen LogP contribution is -2.41. The van der Waals surface area contributed by atoms with Gasteiger partial charge in [0.05, 0.1) is 17.2 Å². The molecular weight excluding hydrogens is 462 g/mol. The third-order valence-corrected chi connectivity index (χ3v) is 6.68. The van der Waals surface area contributed by atoms with Gasteiger partial charge in [0, 0.05) is 17.7 Å². The van der Waals surface area contributed by atoms with Gasteiger partial charge in [-0.05, 0) is 36.2 Å². The fraction of sp³-hybridized carbons (Fsp3) is 0.115. The van der Waals surface area contributed by atoms with Crippen molar-refractivity contribution in [3.63, 3.8) is 0 Å². The number of hydrogen-bond acceptors (Lipinski definition) is 7. The lowest BCUT2D eigenvalue weighted by atomic mass is 10.1. The molecule has 0 aliphatic carbocycles. The maximum atomic E-state index is 12.9. The minimum Gasteiger partial charge on any atom is -0.366 e. The molecule has 0 saturated carbocycles. The molecule has 3 N–H and O–H groups in total. The van der Waals surface area contributed by atoms with Crippen LogP contribution in [0.5, 0.6) is 0 Å². The van der Waals surface area contributed by atoms with Crippen molar-refractivity contribution in [1.82, 2.24) is 15.1 Å². The number of anilines is 1. The second-order valence-electron chi connectivity index (χ2n) is 8.15. The first kappa shape index (κ1) is 22.4. The minimum atomic E-state index is -0.493. The monoisotopic (exact) mass is 483 g/mol. The highest BCUT2D eigenvalue weighted by molar-refractivity contribution is 7.18. The van der Waals surface area contributed by atoms with Crippen LogP contribution < -0.4 is 11.1 Å². The predicted molar refractivity (Wildman–Crippen MR) is 133 cm³/mol. The van der Waals surface area contributed by atoms with Gasteiger partial charge in [0.15, 0.2) is 0 Å². The second kappa shape index (κ2) is 9.47. The fourth-order valence-corrected chi connectivity index (χ4v) is 4.86. The van der Waals surface area contributed by atoms with Crippen LogP contribution in [0.25, 0.3) is 10.6 Å². The molecule has 9 heteroatoms. The first-order valence-corrected chi connectivity index (χ1v) is 11.8. The zero-order chi connectivity index (χ0) is 24.4. The van der Waals surface area contributed by atoms with Crippen LogP contribution in [0.2, 0.25) is 0 Å². The highest BCUT2D eigenvalue weighted by atomic mass is 32.1. The minimum absolute atomic E-state index is 0.184. The summed E-state index contributed by atoms with van der Waals surface area (Å²) in [5.74, 6) is -1.08. The summed E-state index contributed by atoms with van der Waals surface area (Å²) in [7, 11) is 0. The molecule has 0 bridgehead atoms. The van der Waals surface area contributed by atoms with E-state index < -0.39 is 5.91 Å². The van der Waals surface area contributed by atoms with E-state index in [1.807, 2.05) is 30.3 Å². The van der Waals surface area contributed by atoms with Gasteiger partial charge < -0.3 is 11.1 Å². The predicted octanol–water partition coefficient (Wildman–Crippen LogP) is 3.62. The van der Waals surface area contributed by atoms with E-state index in [1.165, 1.54) is 16.2 Å². The Kier molecular flexibility index (Phi) is 6.07. The van der Waals surface area contributed by atoms with Crippen LogP contribution in [-0.2, 0) is 6.42 Å². The van der Waals surface area contributed by atoms with E-state index in [9.17, 15) is 14.4 Å². The Morgan fingerprint density at radius 3 is 2.14 bits per heavy atom. The molecule has 1 unspecified atom stereocenters. The van der Waals surface area contributed by atoms with Gasteiger partial charge in [0.1, 0.15) is 5.01 Å². The van der Waals surface area contributed by atoms with Crippen molar-refractivity contribution in [2.75, 3.05) is 11.9 Å². The Balaban J connectivity index is 1.37. The average molecular weight is 484 g/mol. The number of fused-ring (bicyclic) bond motifs is 1. The van der Waals surface area contributed by atoms with Crippen molar-refractivity contribution in [3.8, 4) is 10.6 Å². The quantitative estimate of drug-likeness (QED) is 0.370. The number of nitrogens with zero attached hydrogens (tertiary/aromatic N) is 3. The normalized spacial score (nSPS) is 13.5. The summed E-state index contributed by atoms with van der Waals surface area (Å²) < 4.78 is 0. The molecule has 3 aromatic carbocycles. The number of nitrogens with one attached hydrogen (secondary N) is 1. The molecule has 0 spiro atoms. The Morgan fingerprint density at radius 1 is 0.886 bits per heavy atom. The number of benzene rings is 3. The van der Waals surface area contributed by atoms with Gasteiger partial charge in [-0.3, -0.25) is 19.3 Å². The van der Waals surface area contributed by atoms with Crippen molar-refractivity contribution in [2.45, 2.75) is 12.5 Å². The van der Waals surface area contributed by atoms with E-state index in [0.717, 1.165) is 11.1 Å². The molecular formula is C26H21N5O3S. The summed E-state index contributed by atoms with van der Waals surface area (Å²) >= 11 is 1.35. The molecule has 1 aliphatic heterocycles. The van der Waals surface area contributed by atoms with Gasteiger partial charge in [-0.2, -0.15) is 0 Å². The number of primary amides is 1. The lowest BCUT2D eigenvalue weighted by Gasteiger charge is -2.23. The smallest absolute Gasteiger partial charge is 0.261 e. The maximum absolute atomic E-state index is 12.9. The number of rotatable bonds is 8. The van der Waals surface area contributed by atoms with E-state index in [-0.39, 0.29) is 24.4 Å². The number of amides is 3. The van der Waals surface area contributed by atoms with Crippen molar-refractivity contribution in [1.29, 1.82) is 0 Å². The van der Waals surface area contributed by atoms with Crippen LogP contribution in [0, 0.1) is 0 Å². The average Bonchev–Trinajstić information content (AvgIpc) is 3.44. The number of carbonyl (C=O) groups excluding carboxylic acids is 3. The summed E-state index contributed by atoms with van der Waals surface area (Å²) in [4.78, 5) is 38.5. The SMILES string of the molecule is NC(=O)c1ccc(-c2nnc(NC(Cc3ccccc3)CN3C(=O)c4ccccc4C3=O)s2)cc1. The molecule has 8 nitrogen and oxygen atoms in total. The first-order valence-electron chi connectivity index (χ1n) is 11.0. The molecule has 174 valence electrons. The molecule has 5 rings (SSSR count). The number of aromatic nitrogens is 2. The molecule has 1 atom stereocenters. The molecule has 3 amide bonds. The van der Waals surface area contributed by atoms with E-state index in [1.54, 1.807) is 48.5 Å². The fourth-order valence-electron chi connectivity index (χ4n) is 4.04. The zero-order valence-corrected chi connectivity index (χ0v) is 19.4. The summed E-state index contributed by atoms with van der Waals surface area (Å²) in [5.41, 5.74) is 8.45. The van der Waals surface area contributed by atoms with Crippen molar-refractivity contribution < 1.29 is 14.4 Å². The van der Waals surface area contributed by atoms with Gasteiger partial charge in [-0.25, -0.2) is 0 Å². The summed E-state index contributed by atoms with van der Waals surface area (Å²) in [6, 6.07) is 23.3. The molecule has 0 saturated heterocycles. The van der Waals surface area contributed by atoms with Gasteiger partial charge in [-0.1, -0.05) is 65.9 Å². The van der Waals surface area contributed by atoms with Crippen LogP contribution in [0.4, 0.5) is 5.13 Å². The largest absolute Gasteiger partial charge is 0.366 e. The van der Waals surface area contributed by atoms with Crippen molar-refractivity contribution in [3.05, 3.63) is 101 Å². The van der Waals surface area contributed by atoms with Crippen molar-refractivity contribution in [2.24, 2.45) is 5.73 Å². The maximum Gasteiger partial charge on any atom is 0.261 e. The Hall–Kier alpha value is -4.37. The Bertz CT molecular complexity index is 1370. The van der Waals surface area contributed by atoms with E-state index in [2.05, 4.69) is 15.5 Å². The molecule has 0 radical (unpaired) electrons. The molecule has 35 heavy (non-hydrogen) atoms. The number of nitrogens with two attached hydrogens (primary N) is 1. The van der Waals surface area contributed by atoms with Crippen LogP contribution >= 0.6 is 11.3 Å². The molecule has 2 heterocycles. The van der Waals surface area contributed by atoms with E-state index in [0.29, 0.717) is 33.3 Å². The lowest BCUT2D eigenvalue weighted by molar-refractivity contribution is 0.0647. The standard InChI is InChI=1S/C26H21N5O3S/c27-22(32)17-10-12-18(13-11-17)23-29-30-26(35-23)28-19(14-16-6-2-1-3-7-16)15-31-24(33)20-8-4-5-9-21(20)25(31)34/h1-13,19H,14-15H2,(H2,27,32)(H,28,30). The van der Waals surface area contributed by atoms with Gasteiger partial charge in [0.25, 0.3) is 11.8 Å². The molecule has 1 aliphatic rings. The first-order chi connectivity index (χ1) is 17.0. The van der Waals surface area contributed by atoms with Crippen LogP contribution in [0.15, 0.2) is 78.9 Å². The third-order valence-electron chi connectivity index (χ3n) is 5.78. The van der Waals surface area contributed by atoms with Gasteiger partial charge in [-0.15, -0.1) is 10.2 Å². The Morgan fingerprint density at radius 2 is 1.51 bits per heavy atom. The summed E-state index contributed by atoms with van der Waals surface area (Å²) in [6.45, 7) is 0.184. The van der Waals surface area contributed by atoms with Crippen LogP contribution in [-0.4, -0.2) is 45.4 Å². The third kappa shape index (κ3) is 4.67. The summed E-state index contributed by atoms with van der Waals surface area (Å²) in [6.07, 6.45) is 0.580. The van der Waals surface area contributed by atoms with Gasteiger partial charge >= 0.3 is 0 Å². The summed E-state index contributed by atoms with van der Waals surface area (Å²) in [5, 5.41) is 13.1. The molecule has 1 aromatic heterocycles. The van der Waals surface area contributed by atoms with Gasteiger partial charge in [0.2, 0.25) is 11.0 Å². The van der Waals surface area contributed by atoms with Crippen molar-refractivity contribution >= 4 is 34.2 Å². The zero-order valence-electron chi connectivity index (χ0n) is 18.5. The second-order valence-corrected chi connectivity index (χ2v) is 9.13. The van der Waals surface area contributed by atoms with E-state index in [4.69, 9.17) is 5.73 Å². The number of hydrogen-bond donors (Lipinski definition) is 2. The molecule has 0 fully saturated rings. The highest BCUT2D eigenvalue weighted by Gasteiger charge is 2.36. The number of carbonyl (C=O) groups is 3. The van der Waals surface area contributed by atoms with Crippen LogP contribution in [0.1, 0.15) is 36.6 Å². The van der Waals surface area contributed by atoms with E-state index >= 15 is 0 Å². The highest BCUT2D eigenvalue weighted by Crippen LogP contribution is 2.28. The van der Waals surface area contributed by atoms with Crippen LogP contribution in [0.3, 0.4) is 0 Å². The Labute approximate surface area is 205 Å².